The van der Waals surface area contributed by atoms with Crippen molar-refractivity contribution in [2.75, 3.05) is 32.8 Å². The number of alkyl halides is 2. The number of hydrogen-bond acceptors (Lipinski definition) is 7. The van der Waals surface area contributed by atoms with Crippen molar-refractivity contribution in [3.8, 4) is 5.75 Å². The Kier molecular flexibility index (Phi) is 12.5. The Labute approximate surface area is 287 Å². The van der Waals surface area contributed by atoms with Crippen molar-refractivity contribution in [1.82, 2.24) is 10.3 Å². The number of halogens is 3. The standard InChI is InChI=1S/C25H25F3N3O4PS.C10H22O/c1-13-29-16-5-6-18(34-2)19(20(16)37-13)22(33)30-17-11-14(26)3-4-15(17)21(32)31-23-7-9-24(10-8-23,35-12-23)25(27,28)36;1-5-6-9(2)7-10(3)8-11-4/h3-6,11H,7-10,12,36H2,1-2H3,(H,30,33)(H,31,32);9-10H,5-8H2,1-4H3. The zero-order valence-electron chi connectivity index (χ0n) is 28.5. The van der Waals surface area contributed by atoms with Crippen LogP contribution in [0.4, 0.5) is 18.9 Å². The van der Waals surface area contributed by atoms with E-state index >= 15 is 0 Å². The van der Waals surface area contributed by atoms with Gasteiger partial charge < -0.3 is 24.8 Å². The highest BCUT2D eigenvalue weighted by atomic mass is 32.1. The number of fused-ring (bicyclic) bond motifs is 4. The molecule has 3 unspecified atom stereocenters. The van der Waals surface area contributed by atoms with Crippen molar-refractivity contribution in [1.29, 1.82) is 0 Å². The molecule has 2 saturated heterocycles. The Morgan fingerprint density at radius 2 is 1.81 bits per heavy atom. The summed E-state index contributed by atoms with van der Waals surface area (Å²) in [4.78, 5) is 31.1. The van der Waals surface area contributed by atoms with Gasteiger partial charge in [0.25, 0.3) is 17.5 Å². The summed E-state index contributed by atoms with van der Waals surface area (Å²) in [6.07, 6.45) is 4.78. The van der Waals surface area contributed by atoms with E-state index in [1.165, 1.54) is 43.8 Å². The number of thiazole rings is 1. The molecule has 2 aromatic carbocycles. The SMILES string of the molecule is CCCC(C)CC(C)COC.COc1ccc2nc(C)sc2c1C(=O)Nc1cc(F)ccc1C(=O)NC12CCC(C(F)(F)P)(CC1)OC2. The van der Waals surface area contributed by atoms with Crippen molar-refractivity contribution >= 4 is 48.3 Å². The van der Waals surface area contributed by atoms with Gasteiger partial charge >= 0.3 is 0 Å². The van der Waals surface area contributed by atoms with Crippen LogP contribution in [0.1, 0.15) is 91.4 Å². The maximum absolute atomic E-state index is 14.2. The predicted octanol–water partition coefficient (Wildman–Crippen LogP) is 8.38. The van der Waals surface area contributed by atoms with Crippen LogP contribution in [0.3, 0.4) is 0 Å². The van der Waals surface area contributed by atoms with E-state index in [9.17, 15) is 22.8 Å². The van der Waals surface area contributed by atoms with Crippen molar-refractivity contribution < 1.29 is 37.0 Å². The Balaban J connectivity index is 0.000000408. The fourth-order valence-corrected chi connectivity index (χ4v) is 8.04. The molecule has 2 N–H and O–H groups in total. The number of carbonyl (C=O) groups is 2. The highest BCUT2D eigenvalue weighted by Crippen LogP contribution is 2.53. The molecule has 2 bridgehead atoms. The lowest BCUT2D eigenvalue weighted by atomic mass is 9.71. The summed E-state index contributed by atoms with van der Waals surface area (Å²) >= 11 is 1.32. The van der Waals surface area contributed by atoms with Gasteiger partial charge in [0.15, 0.2) is 0 Å². The maximum atomic E-state index is 14.2. The fraction of sp³-hybridized carbons (Fsp3) is 0.571. The summed E-state index contributed by atoms with van der Waals surface area (Å²) in [6, 6.07) is 6.83. The van der Waals surface area contributed by atoms with Crippen LogP contribution in [0.2, 0.25) is 0 Å². The number of amides is 2. The van der Waals surface area contributed by atoms with Crippen molar-refractivity contribution in [3.63, 3.8) is 0 Å². The molecule has 0 spiro atoms. The third-order valence-corrected chi connectivity index (χ3v) is 10.7. The molecular formula is C35H47F3N3O5PS. The van der Waals surface area contributed by atoms with Crippen LogP contribution in [0.25, 0.3) is 10.2 Å². The number of aryl methyl sites for hydroxylation is 1. The first kappa shape index (κ1) is 38.0. The third-order valence-electron chi connectivity index (χ3n) is 9.21. The summed E-state index contributed by atoms with van der Waals surface area (Å²) in [7, 11) is 4.78. The molecule has 6 rings (SSSR count). The second-order valence-corrected chi connectivity index (χ2v) is 15.1. The van der Waals surface area contributed by atoms with Gasteiger partial charge in [-0.25, -0.2) is 9.37 Å². The van der Waals surface area contributed by atoms with Crippen LogP contribution in [0.15, 0.2) is 30.3 Å². The van der Waals surface area contributed by atoms with E-state index in [1.54, 1.807) is 28.5 Å². The van der Waals surface area contributed by atoms with Gasteiger partial charge in [-0.1, -0.05) is 42.9 Å². The minimum atomic E-state index is -3.07. The van der Waals surface area contributed by atoms with Crippen LogP contribution in [0, 0.1) is 24.6 Å². The molecule has 264 valence electrons. The second kappa shape index (κ2) is 15.8. The summed E-state index contributed by atoms with van der Waals surface area (Å²) in [6.45, 7) is 9.50. The topological polar surface area (TPSA) is 98.8 Å². The monoisotopic (exact) mass is 709 g/mol. The quantitative estimate of drug-likeness (QED) is 0.184. The van der Waals surface area contributed by atoms with Crippen LogP contribution < -0.4 is 15.4 Å². The molecule has 8 nitrogen and oxygen atoms in total. The van der Waals surface area contributed by atoms with E-state index in [2.05, 4.69) is 36.4 Å². The van der Waals surface area contributed by atoms with Crippen LogP contribution >= 0.6 is 20.6 Å². The lowest BCUT2D eigenvalue weighted by Gasteiger charge is -2.54. The van der Waals surface area contributed by atoms with Crippen molar-refractivity contribution in [2.45, 2.75) is 89.4 Å². The number of nitrogens with zero attached hydrogens (tertiary/aromatic N) is 1. The molecule has 2 amide bonds. The third kappa shape index (κ3) is 8.67. The van der Waals surface area contributed by atoms with E-state index in [-0.39, 0.29) is 36.3 Å². The zero-order valence-corrected chi connectivity index (χ0v) is 30.5. The fourth-order valence-electron chi connectivity index (χ4n) is 6.72. The normalized spacial score (nSPS) is 21.6. The van der Waals surface area contributed by atoms with Gasteiger partial charge in [-0.2, -0.15) is 8.78 Å². The van der Waals surface area contributed by atoms with Gasteiger partial charge in [-0.3, -0.25) is 9.59 Å². The van der Waals surface area contributed by atoms with Gasteiger partial charge in [0.2, 0.25) is 0 Å². The molecule has 3 atom stereocenters. The molecule has 1 saturated carbocycles. The number of carbonyl (C=O) groups excluding carboxylic acids is 2. The number of nitrogens with one attached hydrogen (secondary N) is 2. The largest absolute Gasteiger partial charge is 0.496 e. The minimum absolute atomic E-state index is 0.0300. The first-order valence-corrected chi connectivity index (χ1v) is 17.7. The molecular weight excluding hydrogens is 662 g/mol. The first-order chi connectivity index (χ1) is 22.7. The predicted molar refractivity (Wildman–Crippen MR) is 187 cm³/mol. The highest BCUT2D eigenvalue weighted by Gasteiger charge is 2.60. The molecule has 3 heterocycles. The Morgan fingerprint density at radius 1 is 1.10 bits per heavy atom. The van der Waals surface area contributed by atoms with E-state index in [0.29, 0.717) is 28.8 Å². The first-order valence-electron chi connectivity index (χ1n) is 16.3. The molecule has 3 fully saturated rings. The van der Waals surface area contributed by atoms with E-state index < -0.39 is 34.4 Å². The molecule has 13 heteroatoms. The molecule has 3 aromatic rings. The Bertz CT molecular complexity index is 1560. The summed E-state index contributed by atoms with van der Waals surface area (Å²) in [5.41, 5.74) is -4.59. The minimum Gasteiger partial charge on any atom is -0.496 e. The van der Waals surface area contributed by atoms with Gasteiger partial charge in [0, 0.05) is 13.7 Å². The second-order valence-electron chi connectivity index (χ2n) is 13.2. The summed E-state index contributed by atoms with van der Waals surface area (Å²) in [5.74, 6) is 0.104. The molecule has 3 aliphatic rings. The number of ether oxygens (including phenoxy) is 3. The van der Waals surface area contributed by atoms with Crippen molar-refractivity contribution in [2.24, 2.45) is 11.8 Å². The lowest BCUT2D eigenvalue weighted by Crippen LogP contribution is -2.66. The van der Waals surface area contributed by atoms with Gasteiger partial charge in [-0.15, -0.1) is 11.3 Å². The Hall–Kier alpha value is -2.79. The molecule has 2 aliphatic heterocycles. The molecule has 1 aliphatic carbocycles. The summed E-state index contributed by atoms with van der Waals surface area (Å²) in [5, 5.41) is 6.32. The number of benzene rings is 2. The zero-order chi connectivity index (χ0) is 35.3. The van der Waals surface area contributed by atoms with Crippen molar-refractivity contribution in [3.05, 3.63) is 52.3 Å². The number of aromatic nitrogens is 1. The Morgan fingerprint density at radius 3 is 2.40 bits per heavy atom. The molecule has 1 aromatic heterocycles. The lowest BCUT2D eigenvalue weighted by molar-refractivity contribution is -0.231. The van der Waals surface area contributed by atoms with Crippen LogP contribution in [0.5, 0.6) is 5.75 Å². The number of methoxy groups -OCH3 is 2. The number of hydrogen-bond donors (Lipinski definition) is 2. The van der Waals surface area contributed by atoms with E-state index in [0.717, 1.165) is 35.6 Å². The summed E-state index contributed by atoms with van der Waals surface area (Å²) < 4.78 is 59.1. The molecule has 48 heavy (non-hydrogen) atoms. The van der Waals surface area contributed by atoms with Gasteiger partial charge in [0.1, 0.15) is 22.7 Å². The van der Waals surface area contributed by atoms with E-state index in [4.69, 9.17) is 14.2 Å². The highest BCUT2D eigenvalue weighted by molar-refractivity contribution is 7.19. The smallest absolute Gasteiger partial charge is 0.287 e. The average molecular weight is 710 g/mol. The number of rotatable bonds is 12. The van der Waals surface area contributed by atoms with Crippen LogP contribution in [-0.4, -0.2) is 61.0 Å². The average Bonchev–Trinajstić information content (AvgIpc) is 3.41. The maximum Gasteiger partial charge on any atom is 0.287 e. The van der Waals surface area contributed by atoms with Gasteiger partial charge in [0.05, 0.1) is 45.7 Å². The van der Waals surface area contributed by atoms with Crippen LogP contribution in [-0.2, 0) is 9.47 Å². The number of anilines is 1. The van der Waals surface area contributed by atoms with Gasteiger partial charge in [-0.05, 0) is 81.2 Å². The molecule has 0 radical (unpaired) electrons. The van der Waals surface area contributed by atoms with E-state index in [1.807, 2.05) is 6.92 Å².